The maximum absolute atomic E-state index is 12.1. The van der Waals surface area contributed by atoms with E-state index in [-0.39, 0.29) is 37.8 Å². The lowest BCUT2D eigenvalue weighted by molar-refractivity contribution is -0.161. The number of rotatable bonds is 20. The number of hydrogen-bond acceptors (Lipinski definition) is 5. The van der Waals surface area contributed by atoms with Gasteiger partial charge < -0.3 is 19.3 Å². The van der Waals surface area contributed by atoms with E-state index in [9.17, 15) is 4.79 Å². The molecule has 0 radical (unpaired) electrons. The monoisotopic (exact) mass is 468 g/mol. The van der Waals surface area contributed by atoms with E-state index in [2.05, 4.69) is 53.7 Å². The summed E-state index contributed by atoms with van der Waals surface area (Å²) in [6, 6.07) is 0. The quantitative estimate of drug-likeness (QED) is 0.120. The van der Waals surface area contributed by atoms with Gasteiger partial charge in [-0.2, -0.15) is 0 Å². The van der Waals surface area contributed by atoms with Crippen LogP contribution >= 0.6 is 0 Å². The molecule has 1 N–H and O–H groups in total. The van der Waals surface area contributed by atoms with Crippen molar-refractivity contribution in [3.05, 3.63) is 23.3 Å². The van der Waals surface area contributed by atoms with Gasteiger partial charge in [-0.05, 0) is 78.1 Å². The summed E-state index contributed by atoms with van der Waals surface area (Å²) in [5.74, 6) is 0.859. The van der Waals surface area contributed by atoms with Crippen LogP contribution in [0.2, 0.25) is 0 Å². The average molecular weight is 469 g/mol. The highest BCUT2D eigenvalue weighted by Gasteiger charge is 2.15. The molecule has 5 nitrogen and oxygen atoms in total. The number of allylic oxidation sites excluding steroid dienone is 4. The normalized spacial score (nSPS) is 14.8. The van der Waals surface area contributed by atoms with Crippen molar-refractivity contribution in [3.8, 4) is 0 Å². The molecule has 0 bridgehead atoms. The minimum absolute atomic E-state index is 0.0136. The molecule has 0 aliphatic carbocycles. The largest absolute Gasteiger partial charge is 0.465 e. The number of hydrogen-bond donors (Lipinski definition) is 1. The van der Waals surface area contributed by atoms with Crippen molar-refractivity contribution < 1.29 is 24.1 Å². The summed E-state index contributed by atoms with van der Waals surface area (Å²) < 4.78 is 17.3. The second kappa shape index (κ2) is 20.2. The first kappa shape index (κ1) is 31.8. The van der Waals surface area contributed by atoms with E-state index in [1.165, 1.54) is 11.1 Å². The molecule has 5 heteroatoms. The molecule has 33 heavy (non-hydrogen) atoms. The maximum Gasteiger partial charge on any atom is 0.305 e. The van der Waals surface area contributed by atoms with Crippen molar-refractivity contribution in [2.75, 3.05) is 26.4 Å². The summed E-state index contributed by atoms with van der Waals surface area (Å²) >= 11 is 0. The van der Waals surface area contributed by atoms with Crippen LogP contribution in [0.3, 0.4) is 0 Å². The predicted octanol–water partition coefficient (Wildman–Crippen LogP) is 6.84. The first-order chi connectivity index (χ1) is 15.6. The molecule has 0 rings (SSSR count). The first-order valence-corrected chi connectivity index (χ1v) is 12.9. The van der Waals surface area contributed by atoms with Crippen LogP contribution in [-0.2, 0) is 19.0 Å². The number of ether oxygens (including phenoxy) is 3. The Morgan fingerprint density at radius 1 is 0.758 bits per heavy atom. The molecule has 0 spiro atoms. The zero-order valence-electron chi connectivity index (χ0n) is 22.5. The SMILES string of the molecule is CC(C)=CCCC(C)CCOC(CCC(=O)OCC(C)CO)OCCC(C)CCC=C(C)C. The van der Waals surface area contributed by atoms with Crippen LogP contribution in [-0.4, -0.2) is 43.8 Å². The summed E-state index contributed by atoms with van der Waals surface area (Å²) in [4.78, 5) is 12.1. The number of esters is 1. The molecule has 3 unspecified atom stereocenters. The van der Waals surface area contributed by atoms with Crippen LogP contribution in [0.1, 0.15) is 99.8 Å². The van der Waals surface area contributed by atoms with Crippen molar-refractivity contribution in [2.45, 2.75) is 106 Å². The summed E-state index contributed by atoms with van der Waals surface area (Å²) in [6.45, 7) is 16.4. The van der Waals surface area contributed by atoms with E-state index < -0.39 is 0 Å². The Balaban J connectivity index is 4.45. The number of aliphatic hydroxyl groups is 1. The van der Waals surface area contributed by atoms with Gasteiger partial charge in [-0.3, -0.25) is 4.79 Å². The van der Waals surface area contributed by atoms with E-state index in [1.54, 1.807) is 0 Å². The van der Waals surface area contributed by atoms with Crippen molar-refractivity contribution in [1.82, 2.24) is 0 Å². The molecule has 0 aromatic rings. The fraction of sp³-hybridized carbons (Fsp3) is 0.821. The van der Waals surface area contributed by atoms with Gasteiger partial charge in [0.2, 0.25) is 0 Å². The van der Waals surface area contributed by atoms with Crippen molar-refractivity contribution in [3.63, 3.8) is 0 Å². The van der Waals surface area contributed by atoms with Gasteiger partial charge in [-0.25, -0.2) is 0 Å². The lowest BCUT2D eigenvalue weighted by atomic mass is 10.0. The van der Waals surface area contributed by atoms with E-state index in [1.807, 2.05) is 6.92 Å². The highest BCUT2D eigenvalue weighted by atomic mass is 16.7. The third kappa shape index (κ3) is 21.1. The van der Waals surface area contributed by atoms with Gasteiger partial charge in [0.05, 0.1) is 13.0 Å². The Hall–Kier alpha value is -1.17. The molecular formula is C28H52O5. The standard InChI is InChI=1S/C28H52O5/c1-22(2)10-8-12-24(5)16-18-31-28(15-14-27(30)33-21-26(7)20-29)32-19-17-25(6)13-9-11-23(3)4/h10-11,24-26,28-29H,8-9,12-21H2,1-7H3. The van der Waals surface area contributed by atoms with Crippen LogP contribution in [0.4, 0.5) is 0 Å². The lowest BCUT2D eigenvalue weighted by Gasteiger charge is -2.21. The number of carbonyl (C=O) groups is 1. The third-order valence-electron chi connectivity index (χ3n) is 5.68. The predicted molar refractivity (Wildman–Crippen MR) is 137 cm³/mol. The highest BCUT2D eigenvalue weighted by Crippen LogP contribution is 2.16. The lowest BCUT2D eigenvalue weighted by Crippen LogP contribution is -2.22. The molecule has 0 saturated heterocycles. The molecule has 0 fully saturated rings. The zero-order chi connectivity index (χ0) is 25.1. The zero-order valence-corrected chi connectivity index (χ0v) is 22.5. The van der Waals surface area contributed by atoms with Gasteiger partial charge in [-0.15, -0.1) is 0 Å². The van der Waals surface area contributed by atoms with Gasteiger partial charge in [-0.1, -0.05) is 44.1 Å². The van der Waals surface area contributed by atoms with E-state index in [0.29, 0.717) is 31.5 Å². The van der Waals surface area contributed by atoms with Gasteiger partial charge in [0.1, 0.15) is 0 Å². The van der Waals surface area contributed by atoms with Gasteiger partial charge >= 0.3 is 5.97 Å². The maximum atomic E-state index is 12.1. The van der Waals surface area contributed by atoms with Crippen molar-refractivity contribution in [2.24, 2.45) is 17.8 Å². The molecule has 0 aromatic heterocycles. The minimum Gasteiger partial charge on any atom is -0.465 e. The fourth-order valence-electron chi connectivity index (χ4n) is 3.21. The van der Waals surface area contributed by atoms with Crippen LogP contribution in [0, 0.1) is 17.8 Å². The molecule has 3 atom stereocenters. The summed E-state index contributed by atoms with van der Waals surface area (Å²) in [6.07, 6.45) is 11.4. The molecule has 0 aromatic carbocycles. The van der Waals surface area contributed by atoms with Crippen LogP contribution in [0.25, 0.3) is 0 Å². The Bertz CT molecular complexity index is 512. The topological polar surface area (TPSA) is 65.0 Å². The summed E-state index contributed by atoms with van der Waals surface area (Å²) in [5.41, 5.74) is 2.73. The Morgan fingerprint density at radius 3 is 1.67 bits per heavy atom. The molecular weight excluding hydrogens is 416 g/mol. The van der Waals surface area contributed by atoms with E-state index in [4.69, 9.17) is 19.3 Å². The summed E-state index contributed by atoms with van der Waals surface area (Å²) in [5, 5.41) is 9.07. The third-order valence-corrected chi connectivity index (χ3v) is 5.68. The average Bonchev–Trinajstić information content (AvgIpc) is 2.74. The van der Waals surface area contributed by atoms with E-state index >= 15 is 0 Å². The fourth-order valence-corrected chi connectivity index (χ4v) is 3.21. The minimum atomic E-state index is -0.386. The van der Waals surface area contributed by atoms with Gasteiger partial charge in [0, 0.05) is 32.2 Å². The molecule has 0 heterocycles. The smallest absolute Gasteiger partial charge is 0.305 e. The molecule has 0 amide bonds. The van der Waals surface area contributed by atoms with Crippen LogP contribution in [0.5, 0.6) is 0 Å². The van der Waals surface area contributed by atoms with Crippen LogP contribution < -0.4 is 0 Å². The Kier molecular flexibility index (Phi) is 19.5. The van der Waals surface area contributed by atoms with Crippen LogP contribution in [0.15, 0.2) is 23.3 Å². The second-order valence-corrected chi connectivity index (χ2v) is 10.2. The number of aliphatic hydroxyl groups excluding tert-OH is 1. The number of carbonyl (C=O) groups excluding carboxylic acids is 1. The molecule has 0 saturated carbocycles. The highest BCUT2D eigenvalue weighted by molar-refractivity contribution is 5.69. The van der Waals surface area contributed by atoms with Gasteiger partial charge in [0.15, 0.2) is 6.29 Å². The van der Waals surface area contributed by atoms with Crippen molar-refractivity contribution >= 4 is 5.97 Å². The Morgan fingerprint density at radius 2 is 1.24 bits per heavy atom. The van der Waals surface area contributed by atoms with E-state index in [0.717, 1.165) is 38.5 Å². The summed E-state index contributed by atoms with van der Waals surface area (Å²) in [7, 11) is 0. The second-order valence-electron chi connectivity index (χ2n) is 10.2. The molecule has 0 aliphatic rings. The van der Waals surface area contributed by atoms with Gasteiger partial charge in [0.25, 0.3) is 0 Å². The molecule has 0 aliphatic heterocycles. The van der Waals surface area contributed by atoms with Crippen molar-refractivity contribution in [1.29, 1.82) is 0 Å². The molecule has 194 valence electrons. The first-order valence-electron chi connectivity index (χ1n) is 12.9. The Labute approximate surface area is 204 Å².